The van der Waals surface area contributed by atoms with Gasteiger partial charge in [-0.2, -0.15) is 0 Å². The van der Waals surface area contributed by atoms with E-state index in [0.717, 1.165) is 11.1 Å². The van der Waals surface area contributed by atoms with Gasteiger partial charge in [0.1, 0.15) is 24.4 Å². The average molecular weight is 482 g/mol. The minimum Gasteiger partial charge on any atom is -0.374 e. The molecule has 7 heteroatoms. The fourth-order valence-electron chi connectivity index (χ4n) is 3.94. The smallest absolute Gasteiger partial charge is 0.217 e. The lowest BCUT2D eigenvalue weighted by Crippen LogP contribution is -2.66. The zero-order valence-corrected chi connectivity index (χ0v) is 20.2. The van der Waals surface area contributed by atoms with E-state index in [1.807, 2.05) is 60.7 Å². The minimum absolute atomic E-state index is 0.222. The first-order chi connectivity index (χ1) is 17.1. The van der Waals surface area contributed by atoms with Gasteiger partial charge >= 0.3 is 0 Å². The van der Waals surface area contributed by atoms with Gasteiger partial charge in [0, 0.05) is 6.92 Å². The Kier molecular flexibility index (Phi) is 11.1. The summed E-state index contributed by atoms with van der Waals surface area (Å²) in [6, 6.07) is 19.1. The van der Waals surface area contributed by atoms with Gasteiger partial charge in [0.2, 0.25) is 5.91 Å². The molecule has 2 aromatic carbocycles. The van der Waals surface area contributed by atoms with Crippen LogP contribution in [-0.2, 0) is 41.7 Å². The van der Waals surface area contributed by atoms with Crippen LogP contribution in [0.5, 0.6) is 0 Å². The van der Waals surface area contributed by atoms with Crippen molar-refractivity contribution < 1.29 is 28.5 Å². The van der Waals surface area contributed by atoms with Gasteiger partial charge in [-0.1, -0.05) is 72.8 Å². The van der Waals surface area contributed by atoms with Crippen LogP contribution in [0.3, 0.4) is 0 Å². The van der Waals surface area contributed by atoms with E-state index in [2.05, 4.69) is 18.5 Å². The Morgan fingerprint density at radius 2 is 1.49 bits per heavy atom. The van der Waals surface area contributed by atoms with Crippen molar-refractivity contribution in [3.8, 4) is 0 Å². The molecule has 5 atom stereocenters. The SMILES string of the molecule is C=CCO[C@H]1O[C@H](COCc2ccccc2)[C@@H](OCC=C)[C@H](OCc2ccccc2)[C@@H]1NC(C)=O. The van der Waals surface area contributed by atoms with Crippen LogP contribution in [0, 0.1) is 0 Å². The van der Waals surface area contributed by atoms with Crippen molar-refractivity contribution in [2.75, 3.05) is 19.8 Å². The summed E-state index contributed by atoms with van der Waals surface area (Å²) in [5.74, 6) is -0.222. The lowest BCUT2D eigenvalue weighted by molar-refractivity contribution is -0.285. The number of amides is 1. The molecule has 0 spiro atoms. The van der Waals surface area contributed by atoms with E-state index >= 15 is 0 Å². The Hall–Kier alpha value is -2.81. The number of rotatable bonds is 14. The molecule has 1 saturated heterocycles. The molecule has 0 unspecified atom stereocenters. The van der Waals surface area contributed by atoms with Gasteiger partial charge in [0.15, 0.2) is 6.29 Å². The van der Waals surface area contributed by atoms with E-state index < -0.39 is 30.6 Å². The predicted octanol–water partition coefficient (Wildman–Crippen LogP) is 3.79. The van der Waals surface area contributed by atoms with Crippen molar-refractivity contribution in [2.45, 2.75) is 50.8 Å². The molecule has 0 saturated carbocycles. The van der Waals surface area contributed by atoms with E-state index in [1.165, 1.54) is 6.92 Å². The molecule has 1 N–H and O–H groups in total. The number of carbonyl (C=O) groups excluding carboxylic acids is 1. The van der Waals surface area contributed by atoms with Crippen LogP contribution in [0.1, 0.15) is 18.1 Å². The van der Waals surface area contributed by atoms with E-state index in [0.29, 0.717) is 19.8 Å². The van der Waals surface area contributed by atoms with Gasteiger partial charge in [-0.15, -0.1) is 13.2 Å². The van der Waals surface area contributed by atoms with E-state index in [4.69, 9.17) is 23.7 Å². The summed E-state index contributed by atoms with van der Waals surface area (Å²) in [4.78, 5) is 12.1. The monoisotopic (exact) mass is 481 g/mol. The fourth-order valence-corrected chi connectivity index (χ4v) is 3.94. The number of nitrogens with one attached hydrogen (secondary N) is 1. The summed E-state index contributed by atoms with van der Waals surface area (Å²) in [6.07, 6.45) is 0.936. The third-order valence-corrected chi connectivity index (χ3v) is 5.48. The first kappa shape index (κ1) is 26.8. The molecule has 1 aliphatic rings. The maximum atomic E-state index is 12.1. The van der Waals surface area contributed by atoms with Crippen LogP contribution in [0.25, 0.3) is 0 Å². The second-order valence-electron chi connectivity index (χ2n) is 8.24. The standard InChI is InChI=1S/C28H35NO6/c1-4-16-32-26-24(20-31-18-22-12-8-6-9-13-22)35-28(33-17-5-2)25(29-21(3)30)27(26)34-19-23-14-10-7-11-15-23/h4-15,24-28H,1-2,16-20H2,3H3,(H,29,30)/t24-,25+,26-,27-,28+/m1/s1. The van der Waals surface area contributed by atoms with Crippen molar-refractivity contribution in [2.24, 2.45) is 0 Å². The molecule has 1 aliphatic heterocycles. The van der Waals surface area contributed by atoms with Crippen molar-refractivity contribution in [3.63, 3.8) is 0 Å². The van der Waals surface area contributed by atoms with E-state index in [-0.39, 0.29) is 19.1 Å². The third kappa shape index (κ3) is 8.42. The number of hydrogen-bond donors (Lipinski definition) is 1. The maximum absolute atomic E-state index is 12.1. The van der Waals surface area contributed by atoms with Gasteiger partial charge in [-0.25, -0.2) is 0 Å². The molecule has 1 fully saturated rings. The third-order valence-electron chi connectivity index (χ3n) is 5.48. The second-order valence-corrected chi connectivity index (χ2v) is 8.24. The van der Waals surface area contributed by atoms with Crippen molar-refractivity contribution in [3.05, 3.63) is 97.1 Å². The maximum Gasteiger partial charge on any atom is 0.217 e. The Labute approximate surface area is 207 Å². The zero-order chi connectivity index (χ0) is 24.9. The first-order valence-corrected chi connectivity index (χ1v) is 11.8. The highest BCUT2D eigenvalue weighted by Gasteiger charge is 2.48. The Bertz CT molecular complexity index is 906. The number of carbonyl (C=O) groups is 1. The van der Waals surface area contributed by atoms with Crippen molar-refractivity contribution >= 4 is 5.91 Å². The molecule has 2 aromatic rings. The van der Waals surface area contributed by atoms with E-state index in [9.17, 15) is 4.79 Å². The van der Waals surface area contributed by atoms with E-state index in [1.54, 1.807) is 12.2 Å². The van der Waals surface area contributed by atoms with Gasteiger partial charge in [-0.3, -0.25) is 4.79 Å². The summed E-state index contributed by atoms with van der Waals surface area (Å²) < 4.78 is 30.7. The number of hydrogen-bond acceptors (Lipinski definition) is 6. The van der Waals surface area contributed by atoms with Gasteiger partial charge in [-0.05, 0) is 11.1 Å². The summed E-state index contributed by atoms with van der Waals surface area (Å²) in [7, 11) is 0. The molecule has 0 aliphatic carbocycles. The first-order valence-electron chi connectivity index (χ1n) is 11.8. The summed E-state index contributed by atoms with van der Waals surface area (Å²) in [5.41, 5.74) is 2.06. The largest absolute Gasteiger partial charge is 0.374 e. The molecule has 0 aromatic heterocycles. The molecule has 0 radical (unpaired) electrons. The van der Waals surface area contributed by atoms with Crippen molar-refractivity contribution in [1.29, 1.82) is 0 Å². The molecule has 1 heterocycles. The Morgan fingerprint density at radius 3 is 2.09 bits per heavy atom. The second kappa shape index (κ2) is 14.6. The normalized spacial score (nSPS) is 24.0. The minimum atomic E-state index is -0.772. The highest BCUT2D eigenvalue weighted by atomic mass is 16.7. The molecule has 0 bridgehead atoms. The summed E-state index contributed by atoms with van der Waals surface area (Å²) in [6.45, 7) is 10.5. The molecular formula is C28H35NO6. The average Bonchev–Trinajstić information content (AvgIpc) is 2.87. The topological polar surface area (TPSA) is 75.2 Å². The lowest BCUT2D eigenvalue weighted by atomic mass is 9.96. The van der Waals surface area contributed by atoms with Gasteiger partial charge in [0.05, 0.1) is 33.0 Å². The highest BCUT2D eigenvalue weighted by molar-refractivity contribution is 5.73. The molecule has 7 nitrogen and oxygen atoms in total. The van der Waals surface area contributed by atoms with Gasteiger partial charge < -0.3 is 29.0 Å². The lowest BCUT2D eigenvalue weighted by Gasteiger charge is -2.46. The summed E-state index contributed by atoms with van der Waals surface area (Å²) in [5, 5.41) is 2.94. The molecule has 35 heavy (non-hydrogen) atoms. The van der Waals surface area contributed by atoms with Gasteiger partial charge in [0.25, 0.3) is 0 Å². The van der Waals surface area contributed by atoms with Crippen molar-refractivity contribution in [1.82, 2.24) is 5.32 Å². The van der Waals surface area contributed by atoms with Crippen LogP contribution in [0.15, 0.2) is 86.0 Å². The van der Waals surface area contributed by atoms with Crippen LogP contribution in [-0.4, -0.2) is 56.4 Å². The van der Waals surface area contributed by atoms with Crippen LogP contribution in [0.4, 0.5) is 0 Å². The van der Waals surface area contributed by atoms with Crippen LogP contribution in [0.2, 0.25) is 0 Å². The fraction of sp³-hybridized carbons (Fsp3) is 0.393. The zero-order valence-electron chi connectivity index (χ0n) is 20.2. The predicted molar refractivity (Wildman–Crippen MR) is 133 cm³/mol. The van der Waals surface area contributed by atoms with Crippen LogP contribution >= 0.6 is 0 Å². The Balaban J connectivity index is 1.82. The number of ether oxygens (including phenoxy) is 5. The molecule has 3 rings (SSSR count). The molecular weight excluding hydrogens is 446 g/mol. The Morgan fingerprint density at radius 1 is 0.886 bits per heavy atom. The molecule has 1 amide bonds. The quantitative estimate of drug-likeness (QED) is 0.414. The molecule has 188 valence electrons. The number of benzene rings is 2. The van der Waals surface area contributed by atoms with Crippen LogP contribution < -0.4 is 5.32 Å². The highest BCUT2D eigenvalue weighted by Crippen LogP contribution is 2.28. The summed E-state index contributed by atoms with van der Waals surface area (Å²) >= 11 is 0.